The molecule has 2 N–H and O–H groups in total. The molecule has 6 nitrogen and oxygen atoms in total. The van der Waals surface area contributed by atoms with E-state index in [1.165, 1.54) is 0 Å². The Balaban J connectivity index is 1.68. The Kier molecular flexibility index (Phi) is 7.20. The Morgan fingerprint density at radius 3 is 2.57 bits per heavy atom. The highest BCUT2D eigenvalue weighted by Gasteiger charge is 2.19. The first-order valence-corrected chi connectivity index (χ1v) is 11.6. The Bertz CT molecular complexity index is 1120. The van der Waals surface area contributed by atoms with Crippen molar-refractivity contribution >= 4 is 33.4 Å². The quantitative estimate of drug-likeness (QED) is 0.511. The normalized spacial score (nSPS) is 11.3. The van der Waals surface area contributed by atoms with Crippen molar-refractivity contribution < 1.29 is 17.6 Å². The molecule has 0 aliphatic rings. The van der Waals surface area contributed by atoms with E-state index in [-0.39, 0.29) is 17.0 Å². The van der Waals surface area contributed by atoms with Crippen molar-refractivity contribution in [1.82, 2.24) is 9.71 Å². The molecule has 0 atom stereocenters. The maximum atomic E-state index is 14.1. The van der Waals surface area contributed by atoms with Crippen LogP contribution in [0.25, 0.3) is 0 Å². The molecule has 0 unspecified atom stereocenters. The number of pyridine rings is 1. The lowest BCUT2D eigenvalue weighted by molar-refractivity contribution is 0.102. The van der Waals surface area contributed by atoms with Crippen LogP contribution >= 0.6 is 11.8 Å². The second-order valence-electron chi connectivity index (χ2n) is 6.27. The lowest BCUT2D eigenvalue weighted by Gasteiger charge is -2.10. The van der Waals surface area contributed by atoms with Crippen molar-refractivity contribution in [1.29, 1.82) is 0 Å². The third-order valence-corrected chi connectivity index (χ3v) is 6.69. The van der Waals surface area contributed by atoms with Crippen LogP contribution in [0.2, 0.25) is 0 Å². The van der Waals surface area contributed by atoms with Crippen LogP contribution in [0.3, 0.4) is 0 Å². The van der Waals surface area contributed by atoms with Gasteiger partial charge in [0, 0.05) is 35.3 Å². The minimum atomic E-state index is -3.79. The minimum absolute atomic E-state index is 0.168. The summed E-state index contributed by atoms with van der Waals surface area (Å²) >= 11 is 1.62. The smallest absolute Gasteiger partial charge is 0.258 e. The molecule has 0 saturated carbocycles. The van der Waals surface area contributed by atoms with Crippen LogP contribution in [-0.4, -0.2) is 25.9 Å². The maximum absolute atomic E-state index is 14.1. The molecule has 30 heavy (non-hydrogen) atoms. The molecule has 2 aromatic carbocycles. The standard InChI is InChI=1S/C21H20FN3O3S2/c1-2-24-30(27,28)18-9-10-20(22)19(12-18)21(26)25-16-5-7-17(8-6-16)29-14-15-4-3-11-23-13-15/h3-13,24H,2,14H2,1H3,(H,25,26). The highest BCUT2D eigenvalue weighted by atomic mass is 32.2. The van der Waals surface area contributed by atoms with E-state index in [0.717, 1.165) is 34.4 Å². The number of amides is 1. The van der Waals surface area contributed by atoms with Crippen molar-refractivity contribution in [3.05, 3.63) is 83.9 Å². The lowest BCUT2D eigenvalue weighted by atomic mass is 10.2. The van der Waals surface area contributed by atoms with Crippen molar-refractivity contribution in [3.8, 4) is 0 Å². The van der Waals surface area contributed by atoms with E-state index in [1.54, 1.807) is 43.2 Å². The fourth-order valence-corrected chi connectivity index (χ4v) is 4.50. The van der Waals surface area contributed by atoms with Gasteiger partial charge in [-0.05, 0) is 54.1 Å². The summed E-state index contributed by atoms with van der Waals surface area (Å²) in [6.07, 6.45) is 3.53. The Morgan fingerprint density at radius 2 is 1.90 bits per heavy atom. The third kappa shape index (κ3) is 5.65. The van der Waals surface area contributed by atoms with Gasteiger partial charge in [0.1, 0.15) is 5.82 Å². The number of hydrogen-bond acceptors (Lipinski definition) is 5. The van der Waals surface area contributed by atoms with Crippen molar-refractivity contribution in [3.63, 3.8) is 0 Å². The van der Waals surface area contributed by atoms with E-state index in [0.29, 0.717) is 5.69 Å². The zero-order valence-corrected chi connectivity index (χ0v) is 17.8. The first-order valence-electron chi connectivity index (χ1n) is 9.11. The summed E-state index contributed by atoms with van der Waals surface area (Å²) in [5.74, 6) is -0.763. The molecule has 1 aromatic heterocycles. The second-order valence-corrected chi connectivity index (χ2v) is 9.09. The van der Waals surface area contributed by atoms with Crippen molar-refractivity contribution in [2.45, 2.75) is 22.5 Å². The summed E-state index contributed by atoms with van der Waals surface area (Å²) in [6.45, 7) is 1.82. The van der Waals surface area contributed by atoms with Crippen LogP contribution in [0.4, 0.5) is 10.1 Å². The summed E-state index contributed by atoms with van der Waals surface area (Å²) in [5.41, 5.74) is 1.23. The number of carbonyl (C=O) groups excluding carboxylic acids is 1. The highest BCUT2D eigenvalue weighted by Crippen LogP contribution is 2.24. The Hall–Kier alpha value is -2.75. The van der Waals surface area contributed by atoms with Crippen molar-refractivity contribution in [2.75, 3.05) is 11.9 Å². The predicted octanol–water partition coefficient (Wildman–Crippen LogP) is 4.06. The SMILES string of the molecule is CCNS(=O)(=O)c1ccc(F)c(C(=O)Nc2ccc(SCc3cccnc3)cc2)c1. The van der Waals surface area contributed by atoms with Crippen LogP contribution in [0.5, 0.6) is 0 Å². The van der Waals surface area contributed by atoms with Gasteiger partial charge in [-0.2, -0.15) is 0 Å². The number of thioether (sulfide) groups is 1. The van der Waals surface area contributed by atoms with Gasteiger partial charge in [0.25, 0.3) is 5.91 Å². The molecule has 156 valence electrons. The predicted molar refractivity (Wildman–Crippen MR) is 115 cm³/mol. The van der Waals surface area contributed by atoms with Crippen LogP contribution in [0, 0.1) is 5.82 Å². The van der Waals surface area contributed by atoms with Crippen LogP contribution in [-0.2, 0) is 15.8 Å². The molecule has 3 rings (SSSR count). The summed E-state index contributed by atoms with van der Waals surface area (Å²) in [6, 6.07) is 14.1. The first-order chi connectivity index (χ1) is 14.4. The lowest BCUT2D eigenvalue weighted by Crippen LogP contribution is -2.24. The van der Waals surface area contributed by atoms with Crippen molar-refractivity contribution in [2.24, 2.45) is 0 Å². The summed E-state index contributed by atoms with van der Waals surface area (Å²) in [4.78, 5) is 17.4. The molecule has 3 aromatic rings. The fraction of sp³-hybridized carbons (Fsp3) is 0.143. The van der Waals surface area contributed by atoms with Gasteiger partial charge >= 0.3 is 0 Å². The van der Waals surface area contributed by atoms with E-state index in [9.17, 15) is 17.6 Å². The molecular formula is C21H20FN3O3S2. The third-order valence-electron chi connectivity index (χ3n) is 4.07. The zero-order chi connectivity index (χ0) is 21.6. The molecule has 1 heterocycles. The molecular weight excluding hydrogens is 425 g/mol. The molecule has 0 aliphatic carbocycles. The van der Waals surface area contributed by atoms with Gasteiger partial charge in [0.15, 0.2) is 0 Å². The highest BCUT2D eigenvalue weighted by molar-refractivity contribution is 7.98. The molecule has 0 bridgehead atoms. The van der Waals surface area contributed by atoms with Gasteiger partial charge in [0.05, 0.1) is 10.5 Å². The fourth-order valence-electron chi connectivity index (χ4n) is 2.60. The van der Waals surface area contributed by atoms with Crippen LogP contribution < -0.4 is 10.0 Å². The summed E-state index contributed by atoms with van der Waals surface area (Å²) < 4.78 is 40.7. The number of aromatic nitrogens is 1. The Labute approximate surface area is 179 Å². The van der Waals surface area contributed by atoms with Gasteiger partial charge in [-0.15, -0.1) is 11.8 Å². The summed E-state index contributed by atoms with van der Waals surface area (Å²) in [5, 5.41) is 2.60. The molecule has 0 spiro atoms. The number of benzene rings is 2. The number of anilines is 1. The van der Waals surface area contributed by atoms with Gasteiger partial charge in [-0.1, -0.05) is 13.0 Å². The number of nitrogens with zero attached hydrogens (tertiary/aromatic N) is 1. The number of carbonyl (C=O) groups is 1. The molecule has 0 radical (unpaired) electrons. The molecule has 1 amide bonds. The molecule has 9 heteroatoms. The average molecular weight is 446 g/mol. The van der Waals surface area contributed by atoms with E-state index in [1.807, 2.05) is 24.3 Å². The van der Waals surface area contributed by atoms with E-state index >= 15 is 0 Å². The number of rotatable bonds is 8. The number of sulfonamides is 1. The second kappa shape index (κ2) is 9.84. The molecule has 0 saturated heterocycles. The van der Waals surface area contributed by atoms with E-state index < -0.39 is 21.7 Å². The topological polar surface area (TPSA) is 88.2 Å². The number of halogens is 1. The maximum Gasteiger partial charge on any atom is 0.258 e. The zero-order valence-electron chi connectivity index (χ0n) is 16.1. The van der Waals surface area contributed by atoms with Crippen LogP contribution in [0.1, 0.15) is 22.8 Å². The molecule has 0 fully saturated rings. The van der Waals surface area contributed by atoms with Gasteiger partial charge in [0.2, 0.25) is 10.0 Å². The monoisotopic (exact) mass is 445 g/mol. The minimum Gasteiger partial charge on any atom is -0.322 e. The van der Waals surface area contributed by atoms with E-state index in [4.69, 9.17) is 0 Å². The van der Waals surface area contributed by atoms with Gasteiger partial charge in [-0.3, -0.25) is 9.78 Å². The number of hydrogen-bond donors (Lipinski definition) is 2. The van der Waals surface area contributed by atoms with Gasteiger partial charge < -0.3 is 5.32 Å². The molecule has 0 aliphatic heterocycles. The van der Waals surface area contributed by atoms with Gasteiger partial charge in [-0.25, -0.2) is 17.5 Å². The number of nitrogens with one attached hydrogen (secondary N) is 2. The Morgan fingerprint density at radius 1 is 1.13 bits per heavy atom. The van der Waals surface area contributed by atoms with E-state index in [2.05, 4.69) is 15.0 Å². The van der Waals surface area contributed by atoms with Crippen LogP contribution in [0.15, 0.2) is 76.8 Å². The summed E-state index contributed by atoms with van der Waals surface area (Å²) in [7, 11) is -3.79. The first kappa shape index (κ1) is 21.9. The largest absolute Gasteiger partial charge is 0.322 e. The average Bonchev–Trinajstić information content (AvgIpc) is 2.74.